The number of piperazine rings is 1. The highest BCUT2D eigenvalue weighted by Crippen LogP contribution is 2.44. The molecule has 0 aromatic carbocycles. The van der Waals surface area contributed by atoms with Gasteiger partial charge in [0.1, 0.15) is 11.9 Å². The van der Waals surface area contributed by atoms with Crippen molar-refractivity contribution in [3.63, 3.8) is 0 Å². The minimum Gasteiger partial charge on any atom is -0.384 e. The standard InChI is InChI=1S/C22H26N6O2/c1-15-14-27(8-9-28(15)20(29)6-10-30-2)22-18(12-23)11-19(17-5-7-24-25-13-17)21(26-22)16-3-4-16/h5,7,11,13,15-16H,3-4,6,8-10,14H2,1-2H3. The monoisotopic (exact) mass is 406 g/mol. The summed E-state index contributed by atoms with van der Waals surface area (Å²) in [6, 6.07) is 6.22. The number of ether oxygens (including phenoxy) is 1. The summed E-state index contributed by atoms with van der Waals surface area (Å²) in [7, 11) is 1.60. The quantitative estimate of drug-likeness (QED) is 0.727. The molecule has 156 valence electrons. The van der Waals surface area contributed by atoms with Gasteiger partial charge in [-0.2, -0.15) is 15.5 Å². The minimum absolute atomic E-state index is 0.0462. The number of pyridine rings is 1. The zero-order chi connectivity index (χ0) is 21.1. The average Bonchev–Trinajstić information content (AvgIpc) is 3.62. The molecule has 4 rings (SSSR count). The highest BCUT2D eigenvalue weighted by atomic mass is 16.5. The Labute approximate surface area is 176 Å². The first-order chi connectivity index (χ1) is 14.6. The van der Waals surface area contributed by atoms with Crippen molar-refractivity contribution < 1.29 is 9.53 Å². The molecular formula is C22H26N6O2. The molecule has 2 aromatic heterocycles. The number of aromatic nitrogens is 3. The summed E-state index contributed by atoms with van der Waals surface area (Å²) in [6.45, 7) is 4.40. The summed E-state index contributed by atoms with van der Waals surface area (Å²) < 4.78 is 5.04. The second-order valence-electron chi connectivity index (χ2n) is 7.93. The molecule has 1 amide bonds. The van der Waals surface area contributed by atoms with E-state index in [-0.39, 0.29) is 11.9 Å². The van der Waals surface area contributed by atoms with Gasteiger partial charge in [0.2, 0.25) is 5.91 Å². The van der Waals surface area contributed by atoms with Gasteiger partial charge in [-0.3, -0.25) is 4.79 Å². The van der Waals surface area contributed by atoms with E-state index < -0.39 is 0 Å². The van der Waals surface area contributed by atoms with Gasteiger partial charge in [0.15, 0.2) is 0 Å². The van der Waals surface area contributed by atoms with Crippen LogP contribution in [0.1, 0.15) is 43.4 Å². The Balaban J connectivity index is 1.61. The molecule has 2 fully saturated rings. The van der Waals surface area contributed by atoms with Crippen molar-refractivity contribution in [2.75, 3.05) is 38.3 Å². The molecule has 0 N–H and O–H groups in total. The fourth-order valence-electron chi connectivity index (χ4n) is 4.04. The summed E-state index contributed by atoms with van der Waals surface area (Å²) in [5.41, 5.74) is 3.49. The molecule has 2 aromatic rings. The van der Waals surface area contributed by atoms with Crippen molar-refractivity contribution in [1.82, 2.24) is 20.1 Å². The first kappa shape index (κ1) is 20.2. The van der Waals surface area contributed by atoms with E-state index in [0.29, 0.717) is 44.1 Å². The molecule has 0 spiro atoms. The van der Waals surface area contributed by atoms with Crippen molar-refractivity contribution in [3.8, 4) is 17.2 Å². The van der Waals surface area contributed by atoms with E-state index in [4.69, 9.17) is 9.72 Å². The Morgan fingerprint density at radius 2 is 2.17 bits per heavy atom. The van der Waals surface area contributed by atoms with Crippen LogP contribution < -0.4 is 4.90 Å². The van der Waals surface area contributed by atoms with Gasteiger partial charge in [0.25, 0.3) is 0 Å². The Bertz CT molecular complexity index is 954. The summed E-state index contributed by atoms with van der Waals surface area (Å²) in [6.07, 6.45) is 6.00. The van der Waals surface area contributed by atoms with Crippen LogP contribution in [-0.4, -0.2) is 65.4 Å². The van der Waals surface area contributed by atoms with Crippen LogP contribution in [-0.2, 0) is 9.53 Å². The smallest absolute Gasteiger partial charge is 0.225 e. The SMILES string of the molecule is COCCC(=O)N1CCN(c2nc(C3CC3)c(-c3ccnnc3)cc2C#N)CC1C. The third-order valence-electron chi connectivity index (χ3n) is 5.78. The van der Waals surface area contributed by atoms with Crippen LogP contribution in [0.25, 0.3) is 11.1 Å². The molecule has 2 aliphatic rings. The van der Waals surface area contributed by atoms with E-state index in [0.717, 1.165) is 35.5 Å². The molecule has 30 heavy (non-hydrogen) atoms. The van der Waals surface area contributed by atoms with Crippen LogP contribution in [0.3, 0.4) is 0 Å². The van der Waals surface area contributed by atoms with Crippen LogP contribution in [0.2, 0.25) is 0 Å². The molecule has 0 radical (unpaired) electrons. The predicted molar refractivity (Wildman–Crippen MR) is 112 cm³/mol. The van der Waals surface area contributed by atoms with Gasteiger partial charge < -0.3 is 14.5 Å². The minimum atomic E-state index is 0.0462. The average molecular weight is 406 g/mol. The molecule has 8 nitrogen and oxygen atoms in total. The molecule has 1 unspecified atom stereocenters. The van der Waals surface area contributed by atoms with Crippen molar-refractivity contribution >= 4 is 11.7 Å². The van der Waals surface area contributed by atoms with Crippen LogP contribution in [0.15, 0.2) is 24.5 Å². The molecule has 8 heteroatoms. The Kier molecular flexibility index (Phi) is 5.91. The first-order valence-corrected chi connectivity index (χ1v) is 10.4. The topological polar surface area (TPSA) is 95.2 Å². The summed E-state index contributed by atoms with van der Waals surface area (Å²) in [5.74, 6) is 1.26. The van der Waals surface area contributed by atoms with Gasteiger partial charge in [-0.05, 0) is 31.9 Å². The molecule has 1 aliphatic carbocycles. The number of rotatable bonds is 6. The number of hydrogen-bond donors (Lipinski definition) is 0. The van der Waals surface area contributed by atoms with Crippen LogP contribution in [0.4, 0.5) is 5.82 Å². The van der Waals surface area contributed by atoms with Crippen LogP contribution in [0, 0.1) is 11.3 Å². The van der Waals surface area contributed by atoms with Crippen LogP contribution in [0.5, 0.6) is 0 Å². The second-order valence-corrected chi connectivity index (χ2v) is 7.93. The van der Waals surface area contributed by atoms with Gasteiger partial charge in [-0.25, -0.2) is 4.98 Å². The van der Waals surface area contributed by atoms with E-state index in [1.807, 2.05) is 24.0 Å². The number of carbonyl (C=O) groups excluding carboxylic acids is 1. The van der Waals surface area contributed by atoms with Crippen molar-refractivity contribution in [3.05, 3.63) is 35.8 Å². The van der Waals surface area contributed by atoms with E-state index in [1.165, 1.54) is 0 Å². The highest BCUT2D eigenvalue weighted by Gasteiger charge is 2.33. The van der Waals surface area contributed by atoms with Crippen molar-refractivity contribution in [2.45, 2.75) is 38.1 Å². The van der Waals surface area contributed by atoms with Crippen LogP contribution >= 0.6 is 0 Å². The summed E-state index contributed by atoms with van der Waals surface area (Å²) >= 11 is 0. The molecule has 1 aliphatic heterocycles. The fourth-order valence-corrected chi connectivity index (χ4v) is 4.04. The lowest BCUT2D eigenvalue weighted by atomic mass is 10.0. The lowest BCUT2D eigenvalue weighted by Gasteiger charge is -2.41. The number of carbonyl (C=O) groups is 1. The van der Waals surface area contributed by atoms with Gasteiger partial charge in [-0.1, -0.05) is 0 Å². The zero-order valence-electron chi connectivity index (χ0n) is 17.4. The molecule has 3 heterocycles. The summed E-state index contributed by atoms with van der Waals surface area (Å²) in [5, 5.41) is 17.7. The molecule has 1 atom stereocenters. The molecule has 1 saturated heterocycles. The number of nitriles is 1. The van der Waals surface area contributed by atoms with E-state index >= 15 is 0 Å². The van der Waals surface area contributed by atoms with Crippen molar-refractivity contribution in [1.29, 1.82) is 5.26 Å². The number of amides is 1. The predicted octanol–water partition coefficient (Wildman–Crippen LogP) is 2.36. The summed E-state index contributed by atoms with van der Waals surface area (Å²) in [4.78, 5) is 21.5. The highest BCUT2D eigenvalue weighted by molar-refractivity contribution is 5.77. The Morgan fingerprint density at radius 3 is 2.80 bits per heavy atom. The van der Waals surface area contributed by atoms with E-state index in [1.54, 1.807) is 19.5 Å². The number of hydrogen-bond acceptors (Lipinski definition) is 7. The number of anilines is 1. The maximum absolute atomic E-state index is 12.4. The Morgan fingerprint density at radius 1 is 1.33 bits per heavy atom. The van der Waals surface area contributed by atoms with Gasteiger partial charge in [-0.15, -0.1) is 0 Å². The third-order valence-corrected chi connectivity index (χ3v) is 5.78. The van der Waals surface area contributed by atoms with E-state index in [9.17, 15) is 10.1 Å². The number of methoxy groups -OCH3 is 1. The Hall–Kier alpha value is -3.05. The van der Waals surface area contributed by atoms with Gasteiger partial charge in [0, 0.05) is 49.8 Å². The first-order valence-electron chi connectivity index (χ1n) is 10.4. The number of nitrogens with zero attached hydrogens (tertiary/aromatic N) is 6. The lowest BCUT2D eigenvalue weighted by Crippen LogP contribution is -2.54. The van der Waals surface area contributed by atoms with Gasteiger partial charge >= 0.3 is 0 Å². The normalized spacial score (nSPS) is 18.9. The fraction of sp³-hybridized carbons (Fsp3) is 0.500. The molecular weight excluding hydrogens is 380 g/mol. The molecule has 1 saturated carbocycles. The molecule has 0 bridgehead atoms. The third kappa shape index (κ3) is 4.12. The van der Waals surface area contributed by atoms with Gasteiger partial charge in [0.05, 0.1) is 36.7 Å². The lowest BCUT2D eigenvalue weighted by molar-refractivity contribution is -0.134. The maximum Gasteiger partial charge on any atom is 0.225 e. The zero-order valence-corrected chi connectivity index (χ0v) is 17.4. The largest absolute Gasteiger partial charge is 0.384 e. The van der Waals surface area contributed by atoms with Crippen molar-refractivity contribution in [2.24, 2.45) is 0 Å². The maximum atomic E-state index is 12.4. The van der Waals surface area contributed by atoms with E-state index in [2.05, 4.69) is 21.2 Å². The second kappa shape index (κ2) is 8.76.